The quantitative estimate of drug-likeness (QED) is 0.214. The van der Waals surface area contributed by atoms with E-state index in [0.717, 1.165) is 23.6 Å². The first kappa shape index (κ1) is 28.3. The van der Waals surface area contributed by atoms with Crippen molar-refractivity contribution < 1.29 is 14.3 Å². The maximum Gasteiger partial charge on any atom is 0.314 e. The van der Waals surface area contributed by atoms with E-state index >= 15 is 0 Å². The van der Waals surface area contributed by atoms with E-state index in [0.29, 0.717) is 42.1 Å². The number of ether oxygens (including phenoxy) is 1. The maximum atomic E-state index is 13.4. The second-order valence-corrected chi connectivity index (χ2v) is 16.5. The fourth-order valence-electron chi connectivity index (χ4n) is 3.88. The molecule has 0 spiro atoms. The van der Waals surface area contributed by atoms with Crippen LogP contribution >= 0.6 is 0 Å². The van der Waals surface area contributed by atoms with Crippen LogP contribution in [0.15, 0.2) is 36.7 Å². The van der Waals surface area contributed by atoms with Crippen molar-refractivity contribution in [1.82, 2.24) is 19.7 Å². The van der Waals surface area contributed by atoms with Crippen LogP contribution in [0.1, 0.15) is 31.4 Å². The van der Waals surface area contributed by atoms with E-state index in [9.17, 15) is 9.59 Å². The smallest absolute Gasteiger partial charge is 0.314 e. The van der Waals surface area contributed by atoms with E-state index < -0.39 is 19.9 Å². The van der Waals surface area contributed by atoms with Crippen LogP contribution in [0, 0.1) is 12.8 Å². The lowest BCUT2D eigenvalue weighted by molar-refractivity contribution is -0.144. The molecule has 1 atom stereocenters. The molecule has 0 radical (unpaired) electrons. The number of carbonyl (C=O) groups excluding carboxylic acids is 2. The van der Waals surface area contributed by atoms with Gasteiger partial charge in [-0.3, -0.25) is 9.59 Å². The average molecular weight is 525 g/mol. The molecule has 37 heavy (non-hydrogen) atoms. The normalized spacial score (nSPS) is 12.5. The molecule has 0 aliphatic rings. The summed E-state index contributed by atoms with van der Waals surface area (Å²) in [5.74, 6) is -0.769. The van der Waals surface area contributed by atoms with Gasteiger partial charge in [0.05, 0.1) is 29.0 Å². The molecule has 9 nitrogen and oxygen atoms in total. The van der Waals surface area contributed by atoms with E-state index in [1.165, 1.54) is 6.20 Å². The van der Waals surface area contributed by atoms with Gasteiger partial charge in [-0.1, -0.05) is 64.2 Å². The van der Waals surface area contributed by atoms with Crippen LogP contribution in [0.2, 0.25) is 25.7 Å². The Kier molecular flexibility index (Phi) is 9.44. The summed E-state index contributed by atoms with van der Waals surface area (Å²) < 4.78 is 7.51. The summed E-state index contributed by atoms with van der Waals surface area (Å²) in [7, 11) is -1.23. The van der Waals surface area contributed by atoms with Crippen molar-refractivity contribution in [3.05, 3.63) is 47.8 Å². The summed E-state index contributed by atoms with van der Waals surface area (Å²) in [4.78, 5) is 32.4. The summed E-state index contributed by atoms with van der Waals surface area (Å²) in [5, 5.41) is 7.75. The molecule has 0 saturated heterocycles. The summed E-state index contributed by atoms with van der Waals surface area (Å²) in [6.45, 7) is 14.7. The molecule has 2 heterocycles. The molecule has 0 fully saturated rings. The summed E-state index contributed by atoms with van der Waals surface area (Å²) in [6, 6.07) is 8.92. The Bertz CT molecular complexity index is 1240. The summed E-state index contributed by atoms with van der Waals surface area (Å²) in [6.07, 6.45) is 3.96. The number of nitrogens with one attached hydrogen (secondary N) is 1. The van der Waals surface area contributed by atoms with Crippen molar-refractivity contribution in [1.29, 1.82) is 0 Å². The van der Waals surface area contributed by atoms with Gasteiger partial charge in [-0.15, -0.1) is 0 Å². The standard InChI is InChI=1S/C27H40N6O3Si/c1-7-19(2)16-32(17-21-11-9-8-10-20(21)3)27(35)26(34)31-23-15-29-25(28)22-14-30-33(24(22)23)18-36-12-13-37(4,5)6/h8-11,14-15,19H,7,12-13,16-18H2,1-6H3,(H2,28,29)(H,31,34)/t19-/m0/s1. The number of hydrogen-bond donors (Lipinski definition) is 2. The molecule has 0 aliphatic carbocycles. The number of rotatable bonds is 11. The Morgan fingerprint density at radius 3 is 2.62 bits per heavy atom. The van der Waals surface area contributed by atoms with Crippen LogP contribution in [0.3, 0.4) is 0 Å². The number of hydrogen-bond acceptors (Lipinski definition) is 6. The highest BCUT2D eigenvalue weighted by Gasteiger charge is 2.25. The number of nitrogens with zero attached hydrogens (tertiary/aromatic N) is 4. The van der Waals surface area contributed by atoms with Crippen LogP contribution in [0.4, 0.5) is 11.5 Å². The third-order valence-electron chi connectivity index (χ3n) is 6.49. The SMILES string of the molecule is CC[C@H](C)CN(Cc1ccccc1C)C(=O)C(=O)Nc1cnc(N)c2cnn(COCC[Si](C)(C)C)c12. The first-order valence-corrected chi connectivity index (χ1v) is 16.5. The number of nitrogens with two attached hydrogens (primary N) is 1. The van der Waals surface area contributed by atoms with Crippen molar-refractivity contribution in [3.8, 4) is 0 Å². The largest absolute Gasteiger partial charge is 0.383 e. The van der Waals surface area contributed by atoms with Crippen LogP contribution in [0.25, 0.3) is 10.9 Å². The van der Waals surface area contributed by atoms with Gasteiger partial charge in [0.25, 0.3) is 0 Å². The van der Waals surface area contributed by atoms with Gasteiger partial charge in [-0.05, 0) is 30.0 Å². The summed E-state index contributed by atoms with van der Waals surface area (Å²) in [5.41, 5.74) is 9.11. The number of nitrogen functional groups attached to an aromatic ring is 1. The fourth-order valence-corrected chi connectivity index (χ4v) is 4.63. The fraction of sp³-hybridized carbons (Fsp3) is 0.481. The second-order valence-electron chi connectivity index (χ2n) is 10.9. The number of aromatic nitrogens is 3. The van der Waals surface area contributed by atoms with E-state index in [-0.39, 0.29) is 12.6 Å². The number of anilines is 2. The molecular formula is C27H40N6O3Si. The Balaban J connectivity index is 1.81. The van der Waals surface area contributed by atoms with Crippen LogP contribution < -0.4 is 11.1 Å². The average Bonchev–Trinajstić information content (AvgIpc) is 3.28. The molecule has 3 N–H and O–H groups in total. The highest BCUT2D eigenvalue weighted by molar-refractivity contribution is 6.76. The van der Waals surface area contributed by atoms with Gasteiger partial charge in [-0.25, -0.2) is 9.67 Å². The molecule has 10 heteroatoms. The Hall–Kier alpha value is -3.24. The lowest BCUT2D eigenvalue weighted by Crippen LogP contribution is -2.41. The minimum absolute atomic E-state index is 0.210. The zero-order valence-electron chi connectivity index (χ0n) is 22.9. The van der Waals surface area contributed by atoms with E-state index in [1.54, 1.807) is 15.8 Å². The Morgan fingerprint density at radius 1 is 1.22 bits per heavy atom. The van der Waals surface area contributed by atoms with Gasteiger partial charge >= 0.3 is 11.8 Å². The van der Waals surface area contributed by atoms with Crippen molar-refractivity contribution >= 4 is 42.3 Å². The number of benzene rings is 1. The lowest BCUT2D eigenvalue weighted by atomic mass is 10.1. The number of carbonyl (C=O) groups is 2. The van der Waals surface area contributed by atoms with E-state index in [1.807, 2.05) is 31.2 Å². The van der Waals surface area contributed by atoms with Gasteiger partial charge in [-0.2, -0.15) is 5.10 Å². The molecule has 0 unspecified atom stereocenters. The number of pyridine rings is 1. The molecule has 3 aromatic rings. The highest BCUT2D eigenvalue weighted by Crippen LogP contribution is 2.27. The maximum absolute atomic E-state index is 13.4. The highest BCUT2D eigenvalue weighted by atomic mass is 28.3. The number of aryl methyl sites for hydroxylation is 1. The zero-order valence-corrected chi connectivity index (χ0v) is 23.9. The predicted octanol–water partition coefficient (Wildman–Crippen LogP) is 4.65. The Morgan fingerprint density at radius 2 is 1.95 bits per heavy atom. The number of fused-ring (bicyclic) bond motifs is 1. The third-order valence-corrected chi connectivity index (χ3v) is 8.20. The molecule has 0 aliphatic heterocycles. The van der Waals surface area contributed by atoms with Crippen molar-refractivity contribution in [2.75, 3.05) is 24.2 Å². The monoisotopic (exact) mass is 524 g/mol. The van der Waals surface area contributed by atoms with Crippen molar-refractivity contribution in [2.45, 2.75) is 66.2 Å². The molecule has 3 rings (SSSR count). The van der Waals surface area contributed by atoms with Gasteiger partial charge < -0.3 is 20.7 Å². The minimum atomic E-state index is -1.23. The van der Waals surface area contributed by atoms with Gasteiger partial charge in [0, 0.05) is 27.8 Å². The molecule has 0 bridgehead atoms. The van der Waals surface area contributed by atoms with Crippen molar-refractivity contribution in [2.24, 2.45) is 5.92 Å². The van der Waals surface area contributed by atoms with Gasteiger partial charge in [0.1, 0.15) is 12.5 Å². The van der Waals surface area contributed by atoms with E-state index in [2.05, 4.69) is 48.9 Å². The molecule has 1 aromatic carbocycles. The molecule has 0 saturated carbocycles. The van der Waals surface area contributed by atoms with Crippen molar-refractivity contribution in [3.63, 3.8) is 0 Å². The third kappa shape index (κ3) is 7.62. The number of amides is 2. The molecule has 200 valence electrons. The molecule has 2 amide bonds. The van der Waals surface area contributed by atoms with Gasteiger partial charge in [0.15, 0.2) is 0 Å². The molecule has 2 aromatic heterocycles. The van der Waals surface area contributed by atoms with E-state index in [4.69, 9.17) is 10.5 Å². The topological polar surface area (TPSA) is 115 Å². The van der Waals surface area contributed by atoms with Crippen LogP contribution in [-0.4, -0.2) is 52.7 Å². The first-order valence-electron chi connectivity index (χ1n) is 12.8. The van der Waals surface area contributed by atoms with Gasteiger partial charge in [0.2, 0.25) is 0 Å². The minimum Gasteiger partial charge on any atom is -0.383 e. The Labute approximate surface area is 220 Å². The first-order chi connectivity index (χ1) is 17.5. The summed E-state index contributed by atoms with van der Waals surface area (Å²) >= 11 is 0. The van der Waals surface area contributed by atoms with Crippen LogP contribution in [-0.2, 0) is 27.6 Å². The molecular weight excluding hydrogens is 484 g/mol. The van der Waals surface area contributed by atoms with Crippen LogP contribution in [0.5, 0.6) is 0 Å². The second kappa shape index (κ2) is 12.3. The predicted molar refractivity (Wildman–Crippen MR) is 151 cm³/mol. The zero-order chi connectivity index (χ0) is 27.2. The lowest BCUT2D eigenvalue weighted by Gasteiger charge is -2.26.